The summed E-state index contributed by atoms with van der Waals surface area (Å²) in [4.78, 5) is 24.9. The quantitative estimate of drug-likeness (QED) is 0.783. The number of rotatable bonds is 3. The van der Waals surface area contributed by atoms with Crippen LogP contribution in [0.1, 0.15) is 13.8 Å². The van der Waals surface area contributed by atoms with E-state index in [4.69, 9.17) is 4.74 Å². The minimum absolute atomic E-state index is 0.0483. The first-order valence-corrected chi connectivity index (χ1v) is 7.76. The molecule has 2 saturated heterocycles. The highest BCUT2D eigenvalue weighted by Crippen LogP contribution is 2.26. The van der Waals surface area contributed by atoms with Crippen LogP contribution < -0.4 is 4.90 Å². The second-order valence-corrected chi connectivity index (χ2v) is 6.08. The van der Waals surface area contributed by atoms with Gasteiger partial charge in [0.15, 0.2) is 0 Å². The molecule has 0 aromatic carbocycles. The summed E-state index contributed by atoms with van der Waals surface area (Å²) in [6, 6.07) is 0.154. The lowest BCUT2D eigenvalue weighted by molar-refractivity contribution is -0.125. The van der Waals surface area contributed by atoms with Gasteiger partial charge in [-0.15, -0.1) is 0 Å². The molecular formula is C16H22N4O2. The van der Waals surface area contributed by atoms with Gasteiger partial charge in [-0.1, -0.05) is 19.9 Å². The van der Waals surface area contributed by atoms with Crippen molar-refractivity contribution in [2.45, 2.75) is 26.0 Å². The first kappa shape index (κ1) is 15.0. The third-order valence-electron chi connectivity index (χ3n) is 4.08. The van der Waals surface area contributed by atoms with Gasteiger partial charge in [0.25, 0.3) is 0 Å². The van der Waals surface area contributed by atoms with Crippen LogP contribution in [0.15, 0.2) is 30.7 Å². The minimum atomic E-state index is 0.0483. The second kappa shape index (κ2) is 6.44. The molecule has 2 atom stereocenters. The van der Waals surface area contributed by atoms with Gasteiger partial charge < -0.3 is 14.5 Å². The normalized spacial score (nSPS) is 25.0. The van der Waals surface area contributed by atoms with Crippen LogP contribution in [0.25, 0.3) is 0 Å². The summed E-state index contributed by atoms with van der Waals surface area (Å²) < 4.78 is 5.85. The third-order valence-corrected chi connectivity index (χ3v) is 4.08. The van der Waals surface area contributed by atoms with Gasteiger partial charge in [-0.2, -0.15) is 0 Å². The van der Waals surface area contributed by atoms with E-state index in [1.165, 1.54) is 0 Å². The Morgan fingerprint density at radius 2 is 2.27 bits per heavy atom. The van der Waals surface area contributed by atoms with Gasteiger partial charge in [-0.25, -0.2) is 4.98 Å². The van der Waals surface area contributed by atoms with Crippen molar-refractivity contribution in [2.24, 2.45) is 5.92 Å². The summed E-state index contributed by atoms with van der Waals surface area (Å²) in [7, 11) is 0. The Hall–Kier alpha value is -1.95. The number of anilines is 1. The Balaban J connectivity index is 1.72. The number of fused-ring (bicyclic) bond motifs is 1. The Morgan fingerprint density at radius 3 is 3.00 bits per heavy atom. The van der Waals surface area contributed by atoms with Gasteiger partial charge in [0, 0.05) is 32.0 Å². The monoisotopic (exact) mass is 302 g/mol. The molecule has 0 saturated carbocycles. The molecule has 0 unspecified atom stereocenters. The molecule has 22 heavy (non-hydrogen) atoms. The van der Waals surface area contributed by atoms with Gasteiger partial charge in [0.05, 0.1) is 24.9 Å². The summed E-state index contributed by atoms with van der Waals surface area (Å²) >= 11 is 0. The molecule has 3 heterocycles. The molecule has 2 aliphatic heterocycles. The Morgan fingerprint density at radius 1 is 1.41 bits per heavy atom. The first-order chi connectivity index (χ1) is 10.6. The fraction of sp³-hybridized carbons (Fsp3) is 0.562. The molecule has 1 aromatic heterocycles. The van der Waals surface area contributed by atoms with Crippen LogP contribution in [0.2, 0.25) is 0 Å². The molecule has 118 valence electrons. The predicted molar refractivity (Wildman–Crippen MR) is 83.5 cm³/mol. The lowest BCUT2D eigenvalue weighted by Gasteiger charge is -2.37. The second-order valence-electron chi connectivity index (χ2n) is 6.08. The zero-order chi connectivity index (χ0) is 15.5. The molecule has 2 fully saturated rings. The first-order valence-electron chi connectivity index (χ1n) is 7.76. The summed E-state index contributed by atoms with van der Waals surface area (Å²) in [5.41, 5.74) is 0. The Labute approximate surface area is 130 Å². The molecule has 0 radical (unpaired) electrons. The molecule has 6 nitrogen and oxygen atoms in total. The average molecular weight is 302 g/mol. The Kier molecular flexibility index (Phi) is 4.38. The van der Waals surface area contributed by atoms with Crippen molar-refractivity contribution in [3.05, 3.63) is 30.7 Å². The lowest BCUT2D eigenvalue weighted by atomic mass is 10.1. The molecule has 1 aromatic rings. The smallest absolute Gasteiger partial charge is 0.246 e. The molecule has 0 bridgehead atoms. The molecule has 0 spiro atoms. The van der Waals surface area contributed by atoms with Gasteiger partial charge in [0.1, 0.15) is 5.82 Å². The standard InChI is InChI=1S/C16H22N4O2/c1-12(2)3-4-16(21)19-10-13-14(11-19)22-8-7-20(13)15-9-17-5-6-18-15/h3-6,9,12-14H,7-8,10-11H2,1-2H3/b4-3+/t13-,14-/m0/s1. The number of amides is 1. The number of carbonyl (C=O) groups excluding carboxylic acids is 1. The van der Waals surface area contributed by atoms with E-state index in [1.807, 2.05) is 11.0 Å². The predicted octanol–water partition coefficient (Wildman–Crippen LogP) is 1.10. The van der Waals surface area contributed by atoms with Gasteiger partial charge in [0.2, 0.25) is 5.91 Å². The van der Waals surface area contributed by atoms with Crippen LogP contribution in [0.3, 0.4) is 0 Å². The highest BCUT2D eigenvalue weighted by atomic mass is 16.5. The van der Waals surface area contributed by atoms with Gasteiger partial charge in [-0.3, -0.25) is 9.78 Å². The number of hydrogen-bond donors (Lipinski definition) is 0. The zero-order valence-electron chi connectivity index (χ0n) is 13.1. The Bertz CT molecular complexity index is 546. The summed E-state index contributed by atoms with van der Waals surface area (Å²) in [5.74, 6) is 1.29. The summed E-state index contributed by atoms with van der Waals surface area (Å²) in [6.45, 7) is 6.87. The van der Waals surface area contributed by atoms with Crippen molar-refractivity contribution < 1.29 is 9.53 Å². The van der Waals surface area contributed by atoms with Crippen molar-refractivity contribution in [3.8, 4) is 0 Å². The third kappa shape index (κ3) is 3.11. The number of allylic oxidation sites excluding steroid dienone is 1. The summed E-state index contributed by atoms with van der Waals surface area (Å²) in [6.07, 6.45) is 8.80. The van der Waals surface area contributed by atoms with E-state index in [9.17, 15) is 4.79 Å². The van der Waals surface area contributed by atoms with Crippen molar-refractivity contribution in [2.75, 3.05) is 31.1 Å². The van der Waals surface area contributed by atoms with Crippen LogP contribution >= 0.6 is 0 Å². The lowest BCUT2D eigenvalue weighted by Crippen LogP contribution is -2.51. The number of nitrogens with zero attached hydrogens (tertiary/aromatic N) is 4. The maximum atomic E-state index is 12.3. The number of aromatic nitrogens is 2. The number of morpholine rings is 1. The van der Waals surface area contributed by atoms with Crippen molar-refractivity contribution in [1.29, 1.82) is 0 Å². The van der Waals surface area contributed by atoms with Crippen molar-refractivity contribution in [3.63, 3.8) is 0 Å². The largest absolute Gasteiger partial charge is 0.372 e. The van der Waals surface area contributed by atoms with Crippen LogP contribution in [0.4, 0.5) is 5.82 Å². The van der Waals surface area contributed by atoms with Gasteiger partial charge >= 0.3 is 0 Å². The van der Waals surface area contributed by atoms with E-state index in [1.54, 1.807) is 24.7 Å². The fourth-order valence-electron chi connectivity index (χ4n) is 2.97. The molecule has 2 aliphatic rings. The van der Waals surface area contributed by atoms with Crippen LogP contribution in [0.5, 0.6) is 0 Å². The van der Waals surface area contributed by atoms with E-state index >= 15 is 0 Å². The van der Waals surface area contributed by atoms with Crippen LogP contribution in [-0.2, 0) is 9.53 Å². The van der Waals surface area contributed by atoms with Gasteiger partial charge in [-0.05, 0) is 12.0 Å². The number of likely N-dealkylation sites (tertiary alicyclic amines) is 1. The molecule has 6 heteroatoms. The average Bonchev–Trinajstić information content (AvgIpc) is 2.97. The van der Waals surface area contributed by atoms with E-state index in [-0.39, 0.29) is 18.1 Å². The molecular weight excluding hydrogens is 280 g/mol. The molecule has 0 N–H and O–H groups in total. The SMILES string of the molecule is CC(C)/C=C/C(=O)N1C[C@@H]2OCCN(c3cnccn3)[C@H]2C1. The minimum Gasteiger partial charge on any atom is -0.372 e. The topological polar surface area (TPSA) is 58.6 Å². The fourth-order valence-corrected chi connectivity index (χ4v) is 2.97. The van der Waals surface area contributed by atoms with E-state index in [2.05, 4.69) is 28.7 Å². The number of carbonyl (C=O) groups is 1. The van der Waals surface area contributed by atoms with Crippen molar-refractivity contribution in [1.82, 2.24) is 14.9 Å². The zero-order valence-corrected chi connectivity index (χ0v) is 13.1. The van der Waals surface area contributed by atoms with E-state index in [0.29, 0.717) is 25.6 Å². The van der Waals surface area contributed by atoms with Crippen LogP contribution in [-0.4, -0.2) is 59.2 Å². The number of ether oxygens (including phenoxy) is 1. The highest BCUT2D eigenvalue weighted by Gasteiger charge is 2.41. The maximum Gasteiger partial charge on any atom is 0.246 e. The van der Waals surface area contributed by atoms with Crippen molar-refractivity contribution >= 4 is 11.7 Å². The maximum absolute atomic E-state index is 12.3. The molecule has 1 amide bonds. The molecule has 3 rings (SSSR count). The van der Waals surface area contributed by atoms with E-state index < -0.39 is 0 Å². The van der Waals surface area contributed by atoms with Crippen LogP contribution in [0, 0.1) is 5.92 Å². The number of hydrogen-bond acceptors (Lipinski definition) is 5. The highest BCUT2D eigenvalue weighted by molar-refractivity contribution is 5.88. The molecule has 0 aliphatic carbocycles. The summed E-state index contributed by atoms with van der Waals surface area (Å²) in [5, 5.41) is 0. The van der Waals surface area contributed by atoms with E-state index in [0.717, 1.165) is 12.4 Å².